The molecule has 134 valence electrons. The number of benzene rings is 1. The van der Waals surface area contributed by atoms with Gasteiger partial charge in [-0.2, -0.15) is 0 Å². The van der Waals surface area contributed by atoms with Crippen LogP contribution >= 0.6 is 0 Å². The van der Waals surface area contributed by atoms with Gasteiger partial charge in [-0.05, 0) is 44.0 Å². The van der Waals surface area contributed by atoms with Crippen molar-refractivity contribution in [2.45, 2.75) is 33.2 Å². The third-order valence-corrected chi connectivity index (χ3v) is 4.35. The summed E-state index contributed by atoms with van der Waals surface area (Å²) in [4.78, 5) is 29.7. The maximum absolute atomic E-state index is 12.8. The lowest BCUT2D eigenvalue weighted by Crippen LogP contribution is -2.32. The van der Waals surface area contributed by atoms with Gasteiger partial charge in [0.1, 0.15) is 0 Å². The van der Waals surface area contributed by atoms with E-state index in [1.807, 2.05) is 51.1 Å². The molecule has 3 aromatic rings. The summed E-state index contributed by atoms with van der Waals surface area (Å²) in [7, 11) is 0. The average molecular weight is 350 g/mol. The van der Waals surface area contributed by atoms with E-state index in [9.17, 15) is 9.59 Å². The molecule has 0 saturated heterocycles. The predicted octanol–water partition coefficient (Wildman–Crippen LogP) is 3.42. The van der Waals surface area contributed by atoms with E-state index in [1.54, 1.807) is 22.7 Å². The van der Waals surface area contributed by atoms with Crippen LogP contribution in [-0.2, 0) is 0 Å². The smallest absolute Gasteiger partial charge is 0.292 e. The number of imidazole rings is 1. The Morgan fingerprint density at radius 2 is 1.85 bits per heavy atom. The molecular weight excluding hydrogens is 328 g/mol. The number of rotatable bonds is 5. The van der Waals surface area contributed by atoms with Crippen LogP contribution in [0.2, 0.25) is 0 Å². The monoisotopic (exact) mass is 350 g/mol. The summed E-state index contributed by atoms with van der Waals surface area (Å²) < 4.78 is 1.64. The van der Waals surface area contributed by atoms with Gasteiger partial charge in [0.25, 0.3) is 11.8 Å². The van der Waals surface area contributed by atoms with Gasteiger partial charge in [-0.1, -0.05) is 31.2 Å². The van der Waals surface area contributed by atoms with Crippen LogP contribution < -0.4 is 10.6 Å². The number of nitrogens with zero attached hydrogens (tertiary/aromatic N) is 2. The normalized spacial score (nSPS) is 12.0. The Morgan fingerprint density at radius 1 is 1.12 bits per heavy atom. The van der Waals surface area contributed by atoms with Crippen molar-refractivity contribution in [2.75, 3.05) is 5.32 Å². The molecule has 1 atom stereocenters. The molecule has 0 spiro atoms. The van der Waals surface area contributed by atoms with E-state index in [0.717, 1.165) is 17.7 Å². The van der Waals surface area contributed by atoms with E-state index in [1.165, 1.54) is 0 Å². The van der Waals surface area contributed by atoms with Crippen molar-refractivity contribution in [1.29, 1.82) is 0 Å². The van der Waals surface area contributed by atoms with Crippen molar-refractivity contribution in [1.82, 2.24) is 14.7 Å². The number of para-hydroxylation sites is 1. The summed E-state index contributed by atoms with van der Waals surface area (Å²) in [5, 5.41) is 5.77. The van der Waals surface area contributed by atoms with Gasteiger partial charge in [0, 0.05) is 17.9 Å². The van der Waals surface area contributed by atoms with Gasteiger partial charge < -0.3 is 10.6 Å². The van der Waals surface area contributed by atoms with Crippen molar-refractivity contribution in [3.63, 3.8) is 0 Å². The topological polar surface area (TPSA) is 75.5 Å². The first kappa shape index (κ1) is 17.7. The number of nitrogens with one attached hydrogen (secondary N) is 2. The molecule has 6 heteroatoms. The number of hydrogen-bond donors (Lipinski definition) is 2. The summed E-state index contributed by atoms with van der Waals surface area (Å²) in [5.74, 6) is -0.459. The molecule has 0 aliphatic rings. The van der Waals surface area contributed by atoms with Crippen molar-refractivity contribution in [3.8, 4) is 0 Å². The maximum atomic E-state index is 12.8. The number of amides is 2. The Bertz CT molecular complexity index is 961. The fourth-order valence-electron chi connectivity index (χ4n) is 2.65. The van der Waals surface area contributed by atoms with Gasteiger partial charge in [-0.25, -0.2) is 4.98 Å². The standard InChI is InChI=1S/C20H22N4O2/c1-4-14(3)21-19(25)17-16-11-7-8-12-24(16)18(23-17)20(26)22-15-10-6-5-9-13(15)2/h5-12,14H,4H2,1-3H3,(H,21,25)(H,22,26). The quantitative estimate of drug-likeness (QED) is 0.740. The molecule has 1 aromatic carbocycles. The van der Waals surface area contributed by atoms with Crippen molar-refractivity contribution < 1.29 is 9.59 Å². The second kappa shape index (κ2) is 7.39. The number of aromatic nitrogens is 2. The summed E-state index contributed by atoms with van der Waals surface area (Å²) >= 11 is 0. The minimum absolute atomic E-state index is 0.0345. The van der Waals surface area contributed by atoms with Gasteiger partial charge >= 0.3 is 0 Å². The van der Waals surface area contributed by atoms with E-state index < -0.39 is 0 Å². The molecule has 2 heterocycles. The number of aryl methyl sites for hydroxylation is 1. The zero-order valence-electron chi connectivity index (χ0n) is 15.1. The summed E-state index contributed by atoms with van der Waals surface area (Å²) in [6.07, 6.45) is 2.55. The zero-order chi connectivity index (χ0) is 18.7. The highest BCUT2D eigenvalue weighted by atomic mass is 16.2. The Labute approximate surface area is 152 Å². The lowest BCUT2D eigenvalue weighted by atomic mass is 10.2. The number of fused-ring (bicyclic) bond motifs is 1. The number of carbonyl (C=O) groups is 2. The van der Waals surface area contributed by atoms with Crippen LogP contribution in [0.4, 0.5) is 5.69 Å². The highest BCUT2D eigenvalue weighted by Crippen LogP contribution is 2.17. The second-order valence-electron chi connectivity index (χ2n) is 6.29. The average Bonchev–Trinajstić information content (AvgIpc) is 3.03. The highest BCUT2D eigenvalue weighted by Gasteiger charge is 2.22. The van der Waals surface area contributed by atoms with Crippen LogP contribution in [-0.4, -0.2) is 27.2 Å². The highest BCUT2D eigenvalue weighted by molar-refractivity contribution is 6.06. The van der Waals surface area contributed by atoms with Crippen LogP contribution in [0.5, 0.6) is 0 Å². The molecule has 0 aliphatic heterocycles. The van der Waals surface area contributed by atoms with E-state index >= 15 is 0 Å². The number of pyridine rings is 1. The summed E-state index contributed by atoms with van der Waals surface area (Å²) in [5.41, 5.74) is 2.52. The molecule has 1 unspecified atom stereocenters. The zero-order valence-corrected chi connectivity index (χ0v) is 15.1. The van der Waals surface area contributed by atoms with Gasteiger partial charge in [-0.15, -0.1) is 0 Å². The fraction of sp³-hybridized carbons (Fsp3) is 0.250. The van der Waals surface area contributed by atoms with Gasteiger partial charge in [-0.3, -0.25) is 14.0 Å². The number of hydrogen-bond acceptors (Lipinski definition) is 3. The first-order chi connectivity index (χ1) is 12.5. The van der Waals surface area contributed by atoms with Gasteiger partial charge in [0.15, 0.2) is 5.69 Å². The predicted molar refractivity (Wildman–Crippen MR) is 102 cm³/mol. The number of anilines is 1. The van der Waals surface area contributed by atoms with Crippen molar-refractivity contribution in [3.05, 3.63) is 65.7 Å². The van der Waals surface area contributed by atoms with Crippen LogP contribution in [0.25, 0.3) is 5.52 Å². The van der Waals surface area contributed by atoms with E-state index in [2.05, 4.69) is 15.6 Å². The maximum Gasteiger partial charge on any atom is 0.292 e. The lowest BCUT2D eigenvalue weighted by Gasteiger charge is -2.09. The first-order valence-electron chi connectivity index (χ1n) is 8.66. The molecule has 2 aromatic heterocycles. The van der Waals surface area contributed by atoms with Crippen molar-refractivity contribution >= 4 is 23.0 Å². The molecule has 0 radical (unpaired) electrons. The van der Waals surface area contributed by atoms with Crippen LogP contribution in [0, 0.1) is 6.92 Å². The van der Waals surface area contributed by atoms with E-state index in [-0.39, 0.29) is 29.4 Å². The third-order valence-electron chi connectivity index (χ3n) is 4.35. The molecule has 3 rings (SSSR count). The van der Waals surface area contributed by atoms with Gasteiger partial charge in [0.05, 0.1) is 5.52 Å². The molecule has 6 nitrogen and oxygen atoms in total. The van der Waals surface area contributed by atoms with Crippen LogP contribution in [0.1, 0.15) is 46.9 Å². The van der Waals surface area contributed by atoms with Crippen molar-refractivity contribution in [2.24, 2.45) is 0 Å². The Hall–Kier alpha value is -3.15. The minimum Gasteiger partial charge on any atom is -0.348 e. The van der Waals surface area contributed by atoms with E-state index in [4.69, 9.17) is 0 Å². The lowest BCUT2D eigenvalue weighted by molar-refractivity contribution is 0.0936. The largest absolute Gasteiger partial charge is 0.348 e. The molecule has 0 fully saturated rings. The fourth-order valence-corrected chi connectivity index (χ4v) is 2.65. The van der Waals surface area contributed by atoms with Gasteiger partial charge in [0.2, 0.25) is 5.82 Å². The van der Waals surface area contributed by atoms with Crippen LogP contribution in [0.15, 0.2) is 48.7 Å². The molecule has 0 saturated carbocycles. The molecule has 2 N–H and O–H groups in total. The third kappa shape index (κ3) is 3.44. The molecule has 2 amide bonds. The van der Waals surface area contributed by atoms with E-state index in [0.29, 0.717) is 5.52 Å². The Balaban J connectivity index is 1.97. The minimum atomic E-state index is -0.358. The second-order valence-corrected chi connectivity index (χ2v) is 6.29. The Kier molecular flexibility index (Phi) is 5.02. The number of carbonyl (C=O) groups excluding carboxylic acids is 2. The van der Waals surface area contributed by atoms with Crippen LogP contribution in [0.3, 0.4) is 0 Å². The molecular formula is C20H22N4O2. The SMILES string of the molecule is CCC(C)NC(=O)c1nc(C(=O)Nc2ccccc2C)n2ccccc12. The molecule has 26 heavy (non-hydrogen) atoms. The Morgan fingerprint density at radius 3 is 2.58 bits per heavy atom. The molecule has 0 bridgehead atoms. The summed E-state index contributed by atoms with van der Waals surface area (Å²) in [6.45, 7) is 5.85. The first-order valence-corrected chi connectivity index (χ1v) is 8.66. The summed E-state index contributed by atoms with van der Waals surface area (Å²) in [6, 6.07) is 13.0. The molecule has 0 aliphatic carbocycles.